The first-order chi connectivity index (χ1) is 10.7. The molecule has 0 atom stereocenters. The molecule has 2 aromatic carbocycles. The number of hydrogen-bond donors (Lipinski definition) is 0. The zero-order valence-electron chi connectivity index (χ0n) is 12.7. The predicted molar refractivity (Wildman–Crippen MR) is 86.6 cm³/mol. The van der Waals surface area contributed by atoms with Crippen molar-refractivity contribution < 1.29 is 18.9 Å². The molecule has 0 amide bonds. The highest BCUT2D eigenvalue weighted by molar-refractivity contribution is 6.30. The minimum atomic E-state index is 0.497. The molecule has 22 heavy (non-hydrogen) atoms. The van der Waals surface area contributed by atoms with Crippen LogP contribution in [0.3, 0.4) is 0 Å². The van der Waals surface area contributed by atoms with Crippen LogP contribution in [0.15, 0.2) is 42.5 Å². The van der Waals surface area contributed by atoms with Gasteiger partial charge in [0, 0.05) is 11.4 Å². The van der Waals surface area contributed by atoms with Crippen molar-refractivity contribution in [2.45, 2.75) is 6.42 Å². The maximum absolute atomic E-state index is 5.90. The Bertz CT molecular complexity index is 579. The number of para-hydroxylation sites is 1. The Morgan fingerprint density at radius 3 is 2.14 bits per heavy atom. The van der Waals surface area contributed by atoms with Crippen LogP contribution in [0.2, 0.25) is 5.02 Å². The number of halogens is 1. The number of rotatable bonds is 8. The summed E-state index contributed by atoms with van der Waals surface area (Å²) in [6.45, 7) is 1.04. The number of benzene rings is 2. The van der Waals surface area contributed by atoms with Gasteiger partial charge in [-0.1, -0.05) is 23.7 Å². The van der Waals surface area contributed by atoms with E-state index >= 15 is 0 Å². The van der Waals surface area contributed by atoms with Crippen molar-refractivity contribution >= 4 is 11.6 Å². The number of hydrogen-bond acceptors (Lipinski definition) is 4. The third kappa shape index (κ3) is 4.46. The summed E-state index contributed by atoms with van der Waals surface area (Å²) in [6, 6.07) is 12.8. The normalized spacial score (nSPS) is 10.1. The van der Waals surface area contributed by atoms with E-state index in [1.807, 2.05) is 36.4 Å². The summed E-state index contributed by atoms with van der Waals surface area (Å²) in [5.74, 6) is 2.66. The maximum atomic E-state index is 5.90. The fourth-order valence-corrected chi connectivity index (χ4v) is 2.12. The summed E-state index contributed by atoms with van der Waals surface area (Å²) in [7, 11) is 3.20. The predicted octanol–water partition coefficient (Wildman–Crippen LogP) is 4.21. The lowest BCUT2D eigenvalue weighted by Gasteiger charge is -2.14. The van der Waals surface area contributed by atoms with E-state index < -0.39 is 0 Å². The molecule has 0 aliphatic rings. The van der Waals surface area contributed by atoms with Crippen LogP contribution in [0, 0.1) is 0 Å². The van der Waals surface area contributed by atoms with Gasteiger partial charge in [0.15, 0.2) is 11.5 Å². The first-order valence-corrected chi connectivity index (χ1v) is 7.34. The van der Waals surface area contributed by atoms with Crippen LogP contribution in [0.5, 0.6) is 23.0 Å². The minimum absolute atomic E-state index is 0.497. The largest absolute Gasteiger partial charge is 0.493 e. The summed E-state index contributed by atoms with van der Waals surface area (Å²) in [5, 5.41) is 0.660. The van der Waals surface area contributed by atoms with Crippen molar-refractivity contribution in [3.63, 3.8) is 0 Å². The van der Waals surface area contributed by atoms with E-state index in [4.69, 9.17) is 30.5 Å². The summed E-state index contributed by atoms with van der Waals surface area (Å²) in [5.41, 5.74) is 0. The van der Waals surface area contributed by atoms with Gasteiger partial charge >= 0.3 is 0 Å². The average molecular weight is 323 g/mol. The molecule has 0 saturated heterocycles. The second kappa shape index (κ2) is 8.39. The van der Waals surface area contributed by atoms with Gasteiger partial charge in [-0.25, -0.2) is 0 Å². The first-order valence-electron chi connectivity index (χ1n) is 6.96. The lowest BCUT2D eigenvalue weighted by Crippen LogP contribution is -2.06. The van der Waals surface area contributed by atoms with Gasteiger partial charge in [0.25, 0.3) is 0 Å². The lowest BCUT2D eigenvalue weighted by atomic mass is 10.3. The van der Waals surface area contributed by atoms with Gasteiger partial charge in [0.05, 0.1) is 27.4 Å². The second-order valence-electron chi connectivity index (χ2n) is 4.50. The van der Waals surface area contributed by atoms with Crippen LogP contribution in [0.25, 0.3) is 0 Å². The van der Waals surface area contributed by atoms with Crippen molar-refractivity contribution in [3.8, 4) is 23.0 Å². The van der Waals surface area contributed by atoms with Crippen molar-refractivity contribution in [3.05, 3.63) is 47.5 Å². The number of methoxy groups -OCH3 is 2. The zero-order valence-corrected chi connectivity index (χ0v) is 13.4. The van der Waals surface area contributed by atoms with Gasteiger partial charge in [-0.2, -0.15) is 0 Å². The molecule has 0 aliphatic heterocycles. The van der Waals surface area contributed by atoms with Gasteiger partial charge in [-0.15, -0.1) is 0 Å². The van der Waals surface area contributed by atoms with Crippen molar-refractivity contribution in [1.29, 1.82) is 0 Å². The number of ether oxygens (including phenoxy) is 4. The van der Waals surface area contributed by atoms with E-state index in [0.717, 1.165) is 12.2 Å². The first kappa shape index (κ1) is 16.3. The van der Waals surface area contributed by atoms with E-state index in [9.17, 15) is 0 Å². The Balaban J connectivity index is 1.82. The quantitative estimate of drug-likeness (QED) is 0.682. The fourth-order valence-electron chi connectivity index (χ4n) is 1.94. The standard InChI is InChI=1S/C17H19ClO4/c1-19-15-8-4-9-16(20-2)17(15)22-11-5-10-21-14-7-3-6-13(18)12-14/h3-4,6-9,12H,5,10-11H2,1-2H3. The van der Waals surface area contributed by atoms with Crippen LogP contribution < -0.4 is 18.9 Å². The summed E-state index contributed by atoms with van der Waals surface area (Å²) >= 11 is 5.90. The molecule has 0 radical (unpaired) electrons. The molecule has 5 heteroatoms. The van der Waals surface area contributed by atoms with Crippen LogP contribution in [-0.4, -0.2) is 27.4 Å². The molecule has 2 aromatic rings. The van der Waals surface area contributed by atoms with E-state index in [0.29, 0.717) is 35.5 Å². The van der Waals surface area contributed by atoms with Gasteiger partial charge in [0.1, 0.15) is 5.75 Å². The highest BCUT2D eigenvalue weighted by atomic mass is 35.5. The average Bonchev–Trinajstić information content (AvgIpc) is 2.54. The molecule has 0 saturated carbocycles. The summed E-state index contributed by atoms with van der Waals surface area (Å²) in [6.07, 6.45) is 0.730. The van der Waals surface area contributed by atoms with E-state index in [1.54, 1.807) is 20.3 Å². The Morgan fingerprint density at radius 1 is 0.864 bits per heavy atom. The molecular weight excluding hydrogens is 304 g/mol. The molecular formula is C17H19ClO4. The van der Waals surface area contributed by atoms with Crippen molar-refractivity contribution in [1.82, 2.24) is 0 Å². The SMILES string of the molecule is COc1cccc(OC)c1OCCCOc1cccc(Cl)c1. The van der Waals surface area contributed by atoms with Gasteiger partial charge in [0.2, 0.25) is 5.75 Å². The van der Waals surface area contributed by atoms with Gasteiger partial charge < -0.3 is 18.9 Å². The van der Waals surface area contributed by atoms with Crippen LogP contribution >= 0.6 is 11.6 Å². The molecule has 0 bridgehead atoms. The highest BCUT2D eigenvalue weighted by Crippen LogP contribution is 2.36. The van der Waals surface area contributed by atoms with Crippen LogP contribution in [0.1, 0.15) is 6.42 Å². The smallest absolute Gasteiger partial charge is 0.203 e. The van der Waals surface area contributed by atoms with E-state index in [-0.39, 0.29) is 0 Å². The monoisotopic (exact) mass is 322 g/mol. The summed E-state index contributed by atoms with van der Waals surface area (Å²) < 4.78 is 21.9. The van der Waals surface area contributed by atoms with Crippen molar-refractivity contribution in [2.24, 2.45) is 0 Å². The van der Waals surface area contributed by atoms with Gasteiger partial charge in [-0.05, 0) is 30.3 Å². The molecule has 2 rings (SSSR count). The van der Waals surface area contributed by atoms with Gasteiger partial charge in [-0.3, -0.25) is 0 Å². The highest BCUT2D eigenvalue weighted by Gasteiger charge is 2.10. The molecule has 4 nitrogen and oxygen atoms in total. The van der Waals surface area contributed by atoms with E-state index in [1.165, 1.54) is 0 Å². The Labute approximate surface area is 135 Å². The van der Waals surface area contributed by atoms with Crippen LogP contribution in [0.4, 0.5) is 0 Å². The molecule has 0 fully saturated rings. The zero-order chi connectivity index (χ0) is 15.8. The topological polar surface area (TPSA) is 36.9 Å². The molecule has 0 spiro atoms. The third-order valence-corrected chi connectivity index (χ3v) is 3.22. The van der Waals surface area contributed by atoms with E-state index in [2.05, 4.69) is 0 Å². The lowest BCUT2D eigenvalue weighted by molar-refractivity contribution is 0.232. The molecule has 0 aromatic heterocycles. The molecule has 0 heterocycles. The maximum Gasteiger partial charge on any atom is 0.203 e. The Hall–Kier alpha value is -2.07. The van der Waals surface area contributed by atoms with Crippen LogP contribution in [-0.2, 0) is 0 Å². The minimum Gasteiger partial charge on any atom is -0.493 e. The van der Waals surface area contributed by atoms with Crippen molar-refractivity contribution in [2.75, 3.05) is 27.4 Å². The Kier molecular flexibility index (Phi) is 6.22. The second-order valence-corrected chi connectivity index (χ2v) is 4.94. The molecule has 0 aliphatic carbocycles. The third-order valence-electron chi connectivity index (χ3n) is 2.98. The molecule has 0 N–H and O–H groups in total. The fraction of sp³-hybridized carbons (Fsp3) is 0.294. The molecule has 118 valence electrons. The summed E-state index contributed by atoms with van der Waals surface area (Å²) in [4.78, 5) is 0. The Morgan fingerprint density at radius 2 is 1.50 bits per heavy atom. The molecule has 0 unspecified atom stereocenters.